The first-order valence-electron chi connectivity index (χ1n) is 5.70. The van der Waals surface area contributed by atoms with Gasteiger partial charge in [-0.3, -0.25) is 9.11 Å². The molecular formula is C9H20NO6S2+. The maximum atomic E-state index is 11.4. The Morgan fingerprint density at radius 1 is 1.17 bits per heavy atom. The summed E-state index contributed by atoms with van der Waals surface area (Å²) in [4.78, 5) is 0. The minimum absolute atomic E-state index is 0.0156. The highest BCUT2D eigenvalue weighted by molar-refractivity contribution is 7.90. The van der Waals surface area contributed by atoms with Crippen LogP contribution in [-0.2, 0) is 20.2 Å². The largest absolute Gasteiger partial charge is 0.321 e. The molecule has 0 amide bonds. The van der Waals surface area contributed by atoms with Crippen LogP contribution in [0.1, 0.15) is 20.3 Å². The number of likely N-dealkylation sites (tertiary alicyclic amines) is 1. The predicted molar refractivity (Wildman–Crippen MR) is 66.3 cm³/mol. The third kappa shape index (κ3) is 2.85. The SMILES string of the molecule is CCC[N+]1(C)CC(S(=O)(=O)O)C(S(=O)(=O)O)C1C. The molecule has 1 aliphatic rings. The number of hydrogen-bond donors (Lipinski definition) is 2. The molecule has 108 valence electrons. The lowest BCUT2D eigenvalue weighted by Gasteiger charge is -2.34. The second-order valence-corrected chi connectivity index (χ2v) is 8.37. The number of rotatable bonds is 4. The van der Waals surface area contributed by atoms with E-state index < -0.39 is 36.8 Å². The molecule has 1 fully saturated rings. The van der Waals surface area contributed by atoms with Crippen LogP contribution < -0.4 is 0 Å². The highest BCUT2D eigenvalue weighted by atomic mass is 32.2. The molecule has 7 nitrogen and oxygen atoms in total. The fraction of sp³-hybridized carbons (Fsp3) is 1.00. The second-order valence-electron chi connectivity index (χ2n) is 5.16. The second kappa shape index (κ2) is 4.71. The van der Waals surface area contributed by atoms with Gasteiger partial charge >= 0.3 is 0 Å². The van der Waals surface area contributed by atoms with Crippen LogP contribution in [0.5, 0.6) is 0 Å². The van der Waals surface area contributed by atoms with E-state index in [0.717, 1.165) is 6.42 Å². The zero-order chi connectivity index (χ0) is 14.4. The minimum Gasteiger partial charge on any atom is -0.321 e. The van der Waals surface area contributed by atoms with Gasteiger partial charge in [0.1, 0.15) is 6.04 Å². The molecule has 18 heavy (non-hydrogen) atoms. The summed E-state index contributed by atoms with van der Waals surface area (Å²) in [5.74, 6) is 0. The third-order valence-corrected chi connectivity index (χ3v) is 6.67. The van der Waals surface area contributed by atoms with Crippen LogP contribution in [0.2, 0.25) is 0 Å². The zero-order valence-corrected chi connectivity index (χ0v) is 12.3. The topological polar surface area (TPSA) is 109 Å². The van der Waals surface area contributed by atoms with Crippen molar-refractivity contribution in [2.45, 2.75) is 36.8 Å². The molecule has 1 rings (SSSR count). The van der Waals surface area contributed by atoms with Crippen molar-refractivity contribution >= 4 is 20.2 Å². The molecule has 4 atom stereocenters. The molecule has 2 N–H and O–H groups in total. The summed E-state index contributed by atoms with van der Waals surface area (Å²) in [5, 5.41) is -2.96. The van der Waals surface area contributed by atoms with Gasteiger partial charge in [-0.1, -0.05) is 6.92 Å². The van der Waals surface area contributed by atoms with E-state index >= 15 is 0 Å². The molecule has 0 radical (unpaired) electrons. The highest BCUT2D eigenvalue weighted by Crippen LogP contribution is 2.33. The van der Waals surface area contributed by atoms with Crippen molar-refractivity contribution in [3.05, 3.63) is 0 Å². The molecule has 0 saturated carbocycles. The Bertz CT molecular complexity index is 513. The summed E-state index contributed by atoms with van der Waals surface area (Å²) in [6.45, 7) is 4.05. The van der Waals surface area contributed by atoms with Gasteiger partial charge in [0, 0.05) is 0 Å². The fourth-order valence-electron chi connectivity index (χ4n) is 2.86. The molecule has 1 heterocycles. The zero-order valence-electron chi connectivity index (χ0n) is 10.6. The van der Waals surface area contributed by atoms with E-state index in [0.29, 0.717) is 6.54 Å². The van der Waals surface area contributed by atoms with Gasteiger partial charge in [0.25, 0.3) is 20.2 Å². The van der Waals surface area contributed by atoms with E-state index in [-0.39, 0.29) is 11.0 Å². The van der Waals surface area contributed by atoms with Crippen molar-refractivity contribution < 1.29 is 30.4 Å². The Balaban J connectivity index is 3.29. The van der Waals surface area contributed by atoms with E-state index in [4.69, 9.17) is 4.55 Å². The van der Waals surface area contributed by atoms with Crippen LogP contribution in [-0.4, -0.2) is 67.1 Å². The first-order chi connectivity index (χ1) is 7.93. The van der Waals surface area contributed by atoms with Gasteiger partial charge in [-0.15, -0.1) is 0 Å². The highest BCUT2D eigenvalue weighted by Gasteiger charge is 2.59. The summed E-state index contributed by atoms with van der Waals surface area (Å²) in [5.41, 5.74) is 0. The molecule has 0 spiro atoms. The minimum atomic E-state index is -4.53. The van der Waals surface area contributed by atoms with Gasteiger partial charge < -0.3 is 4.48 Å². The molecule has 0 aromatic rings. The summed E-state index contributed by atoms with van der Waals surface area (Å²) >= 11 is 0. The first-order valence-corrected chi connectivity index (χ1v) is 8.71. The van der Waals surface area contributed by atoms with Crippen LogP contribution in [0, 0.1) is 0 Å². The monoisotopic (exact) mass is 302 g/mol. The van der Waals surface area contributed by atoms with E-state index in [1.54, 1.807) is 14.0 Å². The van der Waals surface area contributed by atoms with Gasteiger partial charge in [0.15, 0.2) is 10.5 Å². The summed E-state index contributed by atoms with van der Waals surface area (Å²) in [6, 6.07) is -0.591. The Hall–Kier alpha value is -0.220. The van der Waals surface area contributed by atoms with E-state index in [1.807, 2.05) is 6.92 Å². The third-order valence-electron chi connectivity index (χ3n) is 3.88. The standard InChI is InChI=1S/C9H19NO6S2/c1-4-5-10(3)6-8(17(11,12)13)9(7(10)2)18(14,15)16/h7-9H,4-6H2,1-3H3,(H-,11,12,13,14,15,16)/p+1. The average Bonchev–Trinajstić information content (AvgIpc) is 2.38. The lowest BCUT2D eigenvalue weighted by Crippen LogP contribution is -2.50. The lowest BCUT2D eigenvalue weighted by atomic mass is 10.2. The number of nitrogens with zero attached hydrogens (tertiary/aromatic N) is 1. The van der Waals surface area contributed by atoms with Crippen LogP contribution in [0.15, 0.2) is 0 Å². The van der Waals surface area contributed by atoms with Gasteiger partial charge in [-0.05, 0) is 13.3 Å². The number of quaternary nitrogens is 1. The summed E-state index contributed by atoms with van der Waals surface area (Å²) < 4.78 is 63.9. The van der Waals surface area contributed by atoms with Gasteiger partial charge in [0.2, 0.25) is 0 Å². The molecule has 0 aromatic carbocycles. The Labute approximate surface area is 108 Å². The normalized spacial score (nSPS) is 37.9. The van der Waals surface area contributed by atoms with E-state index in [2.05, 4.69) is 0 Å². The Morgan fingerprint density at radius 2 is 1.67 bits per heavy atom. The summed E-state index contributed by atoms with van der Waals surface area (Å²) in [7, 11) is -7.31. The van der Waals surface area contributed by atoms with Crippen molar-refractivity contribution in [1.82, 2.24) is 0 Å². The molecule has 1 aliphatic heterocycles. The number of hydrogen-bond acceptors (Lipinski definition) is 4. The van der Waals surface area contributed by atoms with Crippen molar-refractivity contribution in [3.63, 3.8) is 0 Å². The predicted octanol–water partition coefficient (Wildman–Crippen LogP) is -0.242. The van der Waals surface area contributed by atoms with Gasteiger partial charge in [-0.25, -0.2) is 0 Å². The van der Waals surface area contributed by atoms with Crippen LogP contribution in [0.3, 0.4) is 0 Å². The Kier molecular flexibility index (Phi) is 4.15. The lowest BCUT2D eigenvalue weighted by molar-refractivity contribution is -0.918. The van der Waals surface area contributed by atoms with Gasteiger partial charge in [0.05, 0.1) is 20.1 Å². The van der Waals surface area contributed by atoms with Crippen molar-refractivity contribution in [3.8, 4) is 0 Å². The Morgan fingerprint density at radius 3 is 1.94 bits per heavy atom. The van der Waals surface area contributed by atoms with Crippen molar-refractivity contribution in [1.29, 1.82) is 0 Å². The van der Waals surface area contributed by atoms with Crippen LogP contribution >= 0.6 is 0 Å². The average molecular weight is 302 g/mol. The fourth-order valence-corrected chi connectivity index (χ4v) is 6.06. The maximum absolute atomic E-state index is 11.4. The van der Waals surface area contributed by atoms with Crippen LogP contribution in [0.25, 0.3) is 0 Å². The molecule has 1 saturated heterocycles. The van der Waals surface area contributed by atoms with Crippen molar-refractivity contribution in [2.24, 2.45) is 0 Å². The molecule has 0 aromatic heterocycles. The van der Waals surface area contributed by atoms with E-state index in [1.165, 1.54) is 0 Å². The first kappa shape index (κ1) is 15.8. The molecular weight excluding hydrogens is 282 g/mol. The maximum Gasteiger partial charge on any atom is 0.275 e. The van der Waals surface area contributed by atoms with Gasteiger partial charge in [-0.2, -0.15) is 16.8 Å². The summed E-state index contributed by atoms with van der Waals surface area (Å²) in [6.07, 6.45) is 0.747. The van der Waals surface area contributed by atoms with Crippen LogP contribution in [0.4, 0.5) is 0 Å². The molecule has 0 bridgehead atoms. The molecule has 0 aliphatic carbocycles. The molecule has 9 heteroatoms. The smallest absolute Gasteiger partial charge is 0.275 e. The molecule has 4 unspecified atom stereocenters. The quantitative estimate of drug-likeness (QED) is 0.548. The van der Waals surface area contributed by atoms with Crippen molar-refractivity contribution in [2.75, 3.05) is 20.1 Å². The van der Waals surface area contributed by atoms with E-state index in [9.17, 15) is 21.4 Å².